The molecule has 102 valence electrons. The number of nitrogens with one attached hydrogen (secondary N) is 1. The van der Waals surface area contributed by atoms with E-state index in [4.69, 9.17) is 0 Å². The molecule has 0 saturated heterocycles. The number of benzene rings is 1. The normalized spacial score (nSPS) is 11.4. The number of hydrogen-bond donors (Lipinski definition) is 1. The Morgan fingerprint density at radius 2 is 1.78 bits per heavy atom. The van der Waals surface area contributed by atoms with Gasteiger partial charge in [0.2, 0.25) is 5.91 Å². The zero-order valence-corrected chi connectivity index (χ0v) is 12.6. The number of rotatable bonds is 3. The van der Waals surface area contributed by atoms with Crippen LogP contribution >= 0.6 is 0 Å². The van der Waals surface area contributed by atoms with Crippen LogP contribution in [-0.2, 0) is 15.6 Å². The van der Waals surface area contributed by atoms with Gasteiger partial charge in [0.05, 0.1) is 0 Å². The number of carbonyl (C=O) groups excluding carboxylic acids is 1. The first-order valence-corrected chi connectivity index (χ1v) is 7.62. The minimum absolute atomic E-state index is 0.120. The lowest BCUT2D eigenvalue weighted by Crippen LogP contribution is -2.26. The van der Waals surface area contributed by atoms with Crippen LogP contribution < -0.4 is 5.32 Å². The van der Waals surface area contributed by atoms with E-state index >= 15 is 0 Å². The van der Waals surface area contributed by atoms with Crippen LogP contribution in [0.5, 0.6) is 0 Å². The van der Waals surface area contributed by atoms with Crippen molar-refractivity contribution in [3.05, 3.63) is 29.8 Å². The summed E-state index contributed by atoms with van der Waals surface area (Å²) in [7, 11) is -0.837. The van der Waals surface area contributed by atoms with Gasteiger partial charge in [0.15, 0.2) is 0 Å². The molecule has 1 unspecified atom stereocenters. The maximum Gasteiger partial charge on any atom is 0.222 e. The van der Waals surface area contributed by atoms with Gasteiger partial charge in [0.1, 0.15) is 0 Å². The quantitative estimate of drug-likeness (QED) is 0.916. The molecule has 0 aliphatic carbocycles. The van der Waals surface area contributed by atoms with Gasteiger partial charge < -0.3 is 5.32 Å². The van der Waals surface area contributed by atoms with Crippen LogP contribution in [0.25, 0.3) is 0 Å². The van der Waals surface area contributed by atoms with Crippen molar-refractivity contribution in [3.8, 4) is 0 Å². The molecular formula is C14H23NO2S. The number of amides is 1. The highest BCUT2D eigenvalue weighted by Gasteiger charge is 2.02. The van der Waals surface area contributed by atoms with Gasteiger partial charge >= 0.3 is 0 Å². The van der Waals surface area contributed by atoms with Crippen LogP contribution in [0.4, 0.5) is 0 Å². The van der Waals surface area contributed by atoms with Crippen LogP contribution in [0.3, 0.4) is 0 Å². The van der Waals surface area contributed by atoms with E-state index in [1.165, 1.54) is 5.56 Å². The van der Waals surface area contributed by atoms with Gasteiger partial charge in [-0.1, -0.05) is 31.5 Å². The zero-order chi connectivity index (χ0) is 14.1. The van der Waals surface area contributed by atoms with Crippen molar-refractivity contribution in [1.29, 1.82) is 0 Å². The van der Waals surface area contributed by atoms with Crippen molar-refractivity contribution >= 4 is 16.7 Å². The molecule has 0 heterocycles. The highest BCUT2D eigenvalue weighted by atomic mass is 32.2. The van der Waals surface area contributed by atoms with E-state index < -0.39 is 10.8 Å². The molecule has 3 nitrogen and oxygen atoms in total. The first kappa shape index (κ1) is 16.8. The van der Waals surface area contributed by atoms with Gasteiger partial charge in [-0.25, -0.2) is 0 Å². The number of hydrogen-bond acceptors (Lipinski definition) is 2. The van der Waals surface area contributed by atoms with E-state index in [0.717, 1.165) is 11.4 Å². The molecule has 1 aromatic carbocycles. The lowest BCUT2D eigenvalue weighted by molar-refractivity contribution is -0.123. The van der Waals surface area contributed by atoms with Crippen molar-refractivity contribution in [2.75, 3.05) is 12.8 Å². The van der Waals surface area contributed by atoms with Crippen molar-refractivity contribution in [2.45, 2.75) is 32.6 Å². The molecule has 1 atom stereocenters. The van der Waals surface area contributed by atoms with Crippen LogP contribution in [0.2, 0.25) is 0 Å². The van der Waals surface area contributed by atoms with Crippen molar-refractivity contribution < 1.29 is 9.00 Å². The van der Waals surface area contributed by atoms with E-state index in [-0.39, 0.29) is 11.8 Å². The average Bonchev–Trinajstić information content (AvgIpc) is 2.30. The molecule has 0 fully saturated rings. The lowest BCUT2D eigenvalue weighted by Gasteiger charge is -2.02. The van der Waals surface area contributed by atoms with Gasteiger partial charge in [-0.3, -0.25) is 9.00 Å². The predicted octanol–water partition coefficient (Wildman–Crippen LogP) is 2.51. The molecule has 0 bridgehead atoms. The van der Waals surface area contributed by atoms with Crippen LogP contribution in [0.1, 0.15) is 26.3 Å². The molecule has 0 aliphatic rings. The molecule has 1 amide bonds. The summed E-state index contributed by atoms with van der Waals surface area (Å²) in [5.74, 6) is 0.252. The Balaban J connectivity index is 0.000000331. The zero-order valence-electron chi connectivity index (χ0n) is 11.8. The minimum atomic E-state index is -0.837. The van der Waals surface area contributed by atoms with Crippen molar-refractivity contribution in [1.82, 2.24) is 5.32 Å². The van der Waals surface area contributed by atoms with E-state index in [1.807, 2.05) is 52.0 Å². The Labute approximate surface area is 112 Å². The predicted molar refractivity (Wildman–Crippen MR) is 77.0 cm³/mol. The summed E-state index contributed by atoms with van der Waals surface area (Å²) in [6.07, 6.45) is 1.69. The second-order valence-electron chi connectivity index (χ2n) is 4.32. The first-order chi connectivity index (χ1) is 8.38. The minimum Gasteiger partial charge on any atom is -0.356 e. The molecule has 1 aromatic rings. The molecule has 0 spiro atoms. The van der Waals surface area contributed by atoms with Gasteiger partial charge in [-0.15, -0.1) is 0 Å². The van der Waals surface area contributed by atoms with Gasteiger partial charge in [-0.05, 0) is 26.0 Å². The summed E-state index contributed by atoms with van der Waals surface area (Å²) in [5, 5.41) is 2.71. The second-order valence-corrected chi connectivity index (χ2v) is 5.70. The molecular weight excluding hydrogens is 246 g/mol. The fourth-order valence-electron chi connectivity index (χ4n) is 1.11. The maximum atomic E-state index is 10.9. The third kappa shape index (κ3) is 7.22. The van der Waals surface area contributed by atoms with E-state index in [2.05, 4.69) is 5.32 Å². The fraction of sp³-hybridized carbons (Fsp3) is 0.500. The summed E-state index contributed by atoms with van der Waals surface area (Å²) >= 11 is 0. The molecule has 0 radical (unpaired) electrons. The molecule has 0 saturated carbocycles. The Morgan fingerprint density at radius 1 is 1.28 bits per heavy atom. The van der Waals surface area contributed by atoms with Crippen molar-refractivity contribution in [3.63, 3.8) is 0 Å². The summed E-state index contributed by atoms with van der Waals surface area (Å²) in [6, 6.07) is 7.73. The molecule has 1 rings (SSSR count). The maximum absolute atomic E-state index is 10.9. The molecule has 4 heteroatoms. The standard InChI is InChI=1S/C8H10OS.C6H13NO/c1-7-3-5-8(6-4-7)10(2)9;1-4-7-6(8)5(2)3/h3-6H,1-2H3;5H,4H2,1-3H3,(H,7,8). The van der Waals surface area contributed by atoms with Crippen LogP contribution in [-0.4, -0.2) is 22.9 Å². The second kappa shape index (κ2) is 8.86. The highest BCUT2D eigenvalue weighted by molar-refractivity contribution is 7.84. The third-order valence-corrected chi connectivity index (χ3v) is 3.16. The van der Waals surface area contributed by atoms with E-state index in [1.54, 1.807) is 6.26 Å². The third-order valence-electron chi connectivity index (χ3n) is 2.23. The Kier molecular flexibility index (Phi) is 8.29. The fourth-order valence-corrected chi connectivity index (χ4v) is 1.63. The molecule has 0 aliphatic heterocycles. The number of aryl methyl sites for hydroxylation is 1. The van der Waals surface area contributed by atoms with Crippen LogP contribution in [0, 0.1) is 12.8 Å². The average molecular weight is 269 g/mol. The Morgan fingerprint density at radius 3 is 2.06 bits per heavy atom. The van der Waals surface area contributed by atoms with E-state index in [0.29, 0.717) is 0 Å². The smallest absolute Gasteiger partial charge is 0.222 e. The Hall–Kier alpha value is -1.16. The number of carbonyl (C=O) groups is 1. The Bertz CT molecular complexity index is 385. The summed E-state index contributed by atoms with van der Waals surface area (Å²) in [6.45, 7) is 8.43. The summed E-state index contributed by atoms with van der Waals surface area (Å²) < 4.78 is 10.9. The lowest BCUT2D eigenvalue weighted by atomic mass is 10.2. The van der Waals surface area contributed by atoms with Gasteiger partial charge in [0, 0.05) is 34.4 Å². The first-order valence-electron chi connectivity index (χ1n) is 6.06. The highest BCUT2D eigenvalue weighted by Crippen LogP contribution is 2.05. The largest absolute Gasteiger partial charge is 0.356 e. The molecule has 18 heavy (non-hydrogen) atoms. The molecule has 1 N–H and O–H groups in total. The SMILES string of the molecule is CCNC(=O)C(C)C.Cc1ccc(S(C)=O)cc1. The molecule has 0 aromatic heterocycles. The van der Waals surface area contributed by atoms with Gasteiger partial charge in [-0.2, -0.15) is 0 Å². The van der Waals surface area contributed by atoms with Crippen molar-refractivity contribution in [2.24, 2.45) is 5.92 Å². The van der Waals surface area contributed by atoms with Crippen LogP contribution in [0.15, 0.2) is 29.2 Å². The van der Waals surface area contributed by atoms with E-state index in [9.17, 15) is 9.00 Å². The summed E-state index contributed by atoms with van der Waals surface area (Å²) in [5.41, 5.74) is 1.20. The van der Waals surface area contributed by atoms with Gasteiger partial charge in [0.25, 0.3) is 0 Å². The topological polar surface area (TPSA) is 46.2 Å². The monoisotopic (exact) mass is 269 g/mol. The summed E-state index contributed by atoms with van der Waals surface area (Å²) in [4.78, 5) is 11.5.